The van der Waals surface area contributed by atoms with Crippen molar-refractivity contribution in [3.8, 4) is 11.3 Å². The molecule has 2 unspecified atom stereocenters. The monoisotopic (exact) mass is 538 g/mol. The number of hydrogen-bond acceptors (Lipinski definition) is 5. The third-order valence-electron chi connectivity index (χ3n) is 7.01. The molecule has 0 bridgehead atoms. The lowest BCUT2D eigenvalue weighted by Crippen LogP contribution is -2.31. The maximum absolute atomic E-state index is 13.0. The normalized spacial score (nSPS) is 17.8. The number of nitrogens with zero attached hydrogens (tertiary/aromatic N) is 1. The van der Waals surface area contributed by atoms with E-state index in [1.54, 1.807) is 23.6 Å². The van der Waals surface area contributed by atoms with Crippen molar-refractivity contribution in [1.82, 2.24) is 9.71 Å². The Kier molecular flexibility index (Phi) is 6.38. The summed E-state index contributed by atoms with van der Waals surface area (Å²) in [6.45, 7) is 0. The average Bonchev–Trinajstić information content (AvgIpc) is 3.81. The van der Waals surface area contributed by atoms with Crippen molar-refractivity contribution in [3.05, 3.63) is 87.9 Å². The Hall–Kier alpha value is -2.29. The van der Waals surface area contributed by atoms with Crippen molar-refractivity contribution >= 4 is 43.0 Å². The SMILES string of the molecule is O=S(=O)(NC(c1cc2cccc(-c3cc(C(O)CC4CC4)ccn3)c2s1)c1ccccc1Cl)C1CC1. The summed E-state index contributed by atoms with van der Waals surface area (Å²) < 4.78 is 29.9. The highest BCUT2D eigenvalue weighted by molar-refractivity contribution is 7.90. The molecule has 0 saturated heterocycles. The third-order valence-corrected chi connectivity index (χ3v) is 10.5. The topological polar surface area (TPSA) is 79.3 Å². The molecule has 0 spiro atoms. The summed E-state index contributed by atoms with van der Waals surface area (Å²) in [5.41, 5.74) is 3.38. The van der Waals surface area contributed by atoms with E-state index in [1.807, 2.05) is 54.6 Å². The average molecular weight is 539 g/mol. The Labute approximate surface area is 220 Å². The summed E-state index contributed by atoms with van der Waals surface area (Å²) >= 11 is 8.09. The Bertz CT molecular complexity index is 1530. The molecule has 2 aliphatic carbocycles. The Morgan fingerprint density at radius 1 is 1.06 bits per heavy atom. The van der Waals surface area contributed by atoms with Gasteiger partial charge in [0.05, 0.1) is 23.1 Å². The predicted octanol–water partition coefficient (Wildman–Crippen LogP) is 6.62. The molecule has 2 N–H and O–H groups in total. The molecule has 2 fully saturated rings. The minimum Gasteiger partial charge on any atom is -0.388 e. The lowest BCUT2D eigenvalue weighted by molar-refractivity contribution is 0.160. The Morgan fingerprint density at radius 2 is 1.86 bits per heavy atom. The van der Waals surface area contributed by atoms with Gasteiger partial charge in [0.2, 0.25) is 10.0 Å². The summed E-state index contributed by atoms with van der Waals surface area (Å²) in [6.07, 6.45) is 5.83. The van der Waals surface area contributed by atoms with Crippen LogP contribution in [0.15, 0.2) is 66.9 Å². The lowest BCUT2D eigenvalue weighted by atomic mass is 10.0. The highest BCUT2D eigenvalue weighted by Gasteiger charge is 2.38. The zero-order valence-corrected chi connectivity index (χ0v) is 22.0. The van der Waals surface area contributed by atoms with Crippen LogP contribution in [0.5, 0.6) is 0 Å². The zero-order chi connectivity index (χ0) is 24.9. The number of aliphatic hydroxyl groups excluding tert-OH is 1. The van der Waals surface area contributed by atoms with Gasteiger partial charge in [-0.05, 0) is 66.0 Å². The largest absolute Gasteiger partial charge is 0.388 e. The third kappa shape index (κ3) is 4.95. The lowest BCUT2D eigenvalue weighted by Gasteiger charge is -2.19. The highest BCUT2D eigenvalue weighted by Crippen LogP contribution is 2.42. The van der Waals surface area contributed by atoms with Crippen LogP contribution >= 0.6 is 22.9 Å². The highest BCUT2D eigenvalue weighted by atomic mass is 35.5. The van der Waals surface area contributed by atoms with Gasteiger partial charge in [-0.25, -0.2) is 13.1 Å². The fourth-order valence-corrected chi connectivity index (χ4v) is 7.76. The maximum Gasteiger partial charge on any atom is 0.215 e. The number of nitrogens with one attached hydrogen (secondary N) is 1. The van der Waals surface area contributed by atoms with Crippen molar-refractivity contribution < 1.29 is 13.5 Å². The van der Waals surface area contributed by atoms with E-state index in [0.717, 1.165) is 43.8 Å². The first-order chi connectivity index (χ1) is 17.4. The van der Waals surface area contributed by atoms with E-state index < -0.39 is 22.2 Å². The number of rotatable bonds is 9. The van der Waals surface area contributed by atoms with E-state index in [2.05, 4.69) is 9.71 Å². The molecular formula is C28H27ClN2O3S2. The second kappa shape index (κ2) is 9.54. The molecule has 2 aromatic heterocycles. The number of benzene rings is 2. The van der Waals surface area contributed by atoms with Crippen molar-refractivity contribution in [2.45, 2.75) is 49.5 Å². The van der Waals surface area contributed by atoms with E-state index in [9.17, 15) is 13.5 Å². The van der Waals surface area contributed by atoms with Crippen LogP contribution in [0.1, 0.15) is 60.3 Å². The molecule has 5 nitrogen and oxygen atoms in total. The fraction of sp³-hybridized carbons (Fsp3) is 0.321. The summed E-state index contributed by atoms with van der Waals surface area (Å²) in [5, 5.41) is 11.9. The first-order valence-electron chi connectivity index (χ1n) is 12.3. The predicted molar refractivity (Wildman–Crippen MR) is 146 cm³/mol. The molecule has 186 valence electrons. The van der Waals surface area contributed by atoms with Gasteiger partial charge in [-0.2, -0.15) is 0 Å². The van der Waals surface area contributed by atoms with Gasteiger partial charge in [-0.3, -0.25) is 4.98 Å². The summed E-state index contributed by atoms with van der Waals surface area (Å²) in [7, 11) is -3.46. The number of pyridine rings is 1. The minimum atomic E-state index is -3.46. The molecule has 2 heterocycles. The first kappa shape index (κ1) is 24.1. The number of aromatic nitrogens is 1. The Balaban J connectivity index is 1.41. The zero-order valence-electron chi connectivity index (χ0n) is 19.6. The first-order valence-corrected chi connectivity index (χ1v) is 15.1. The number of hydrogen-bond donors (Lipinski definition) is 2. The molecule has 6 rings (SSSR count). The standard InChI is InChI=1S/C28H27ClN2O3S2/c29-23-7-2-1-5-21(23)27(31-36(33,34)20-10-11-20)26-16-19-4-3-6-22(28(19)35-26)24-15-18(12-13-30-24)25(32)14-17-8-9-17/h1-7,12-13,15-17,20,25,27,31-32H,8-11,14H2. The van der Waals surface area contributed by atoms with Crippen LogP contribution in [-0.2, 0) is 10.0 Å². The van der Waals surface area contributed by atoms with E-state index in [0.29, 0.717) is 23.8 Å². The van der Waals surface area contributed by atoms with Gasteiger partial charge in [0.1, 0.15) is 0 Å². The van der Waals surface area contributed by atoms with E-state index >= 15 is 0 Å². The number of halogens is 1. The minimum absolute atomic E-state index is 0.332. The second-order valence-electron chi connectivity index (χ2n) is 9.86. The maximum atomic E-state index is 13.0. The van der Waals surface area contributed by atoms with Crippen LogP contribution in [0.2, 0.25) is 5.02 Å². The molecule has 2 saturated carbocycles. The van der Waals surface area contributed by atoms with Gasteiger partial charge in [-0.1, -0.05) is 60.8 Å². The van der Waals surface area contributed by atoms with Crippen molar-refractivity contribution in [1.29, 1.82) is 0 Å². The molecule has 0 amide bonds. The van der Waals surface area contributed by atoms with Crippen molar-refractivity contribution in [2.24, 2.45) is 5.92 Å². The van der Waals surface area contributed by atoms with Crippen LogP contribution in [0, 0.1) is 5.92 Å². The van der Waals surface area contributed by atoms with Gasteiger partial charge >= 0.3 is 0 Å². The van der Waals surface area contributed by atoms with Gasteiger partial charge in [0.25, 0.3) is 0 Å². The summed E-state index contributed by atoms with van der Waals surface area (Å²) in [5.74, 6) is 0.626. The molecule has 4 aromatic rings. The Morgan fingerprint density at radius 3 is 2.61 bits per heavy atom. The number of aliphatic hydroxyl groups is 1. The van der Waals surface area contributed by atoms with Gasteiger partial charge < -0.3 is 5.11 Å². The van der Waals surface area contributed by atoms with Gasteiger partial charge in [-0.15, -0.1) is 11.3 Å². The molecule has 8 heteroatoms. The summed E-state index contributed by atoms with van der Waals surface area (Å²) in [4.78, 5) is 5.49. The second-order valence-corrected chi connectivity index (χ2v) is 13.3. The smallest absolute Gasteiger partial charge is 0.215 e. The molecular weight excluding hydrogens is 512 g/mol. The van der Waals surface area contributed by atoms with E-state index in [1.165, 1.54) is 12.8 Å². The number of sulfonamides is 1. The van der Waals surface area contributed by atoms with Gasteiger partial charge in [0, 0.05) is 26.4 Å². The molecule has 2 atom stereocenters. The van der Waals surface area contributed by atoms with Crippen LogP contribution < -0.4 is 4.72 Å². The summed E-state index contributed by atoms with van der Waals surface area (Å²) in [6, 6.07) is 18.8. The van der Waals surface area contributed by atoms with Crippen LogP contribution in [0.3, 0.4) is 0 Å². The molecule has 2 aromatic carbocycles. The van der Waals surface area contributed by atoms with Gasteiger partial charge in [0.15, 0.2) is 0 Å². The molecule has 0 aliphatic heterocycles. The fourth-order valence-electron chi connectivity index (χ4n) is 4.66. The van der Waals surface area contributed by atoms with E-state index in [-0.39, 0.29) is 5.25 Å². The molecule has 0 radical (unpaired) electrons. The molecule has 2 aliphatic rings. The van der Waals surface area contributed by atoms with Crippen LogP contribution in [-0.4, -0.2) is 23.8 Å². The van der Waals surface area contributed by atoms with Crippen molar-refractivity contribution in [2.75, 3.05) is 0 Å². The van der Waals surface area contributed by atoms with Crippen LogP contribution in [0.4, 0.5) is 0 Å². The number of thiophene rings is 1. The van der Waals surface area contributed by atoms with Crippen molar-refractivity contribution in [3.63, 3.8) is 0 Å². The number of fused-ring (bicyclic) bond motifs is 1. The van der Waals surface area contributed by atoms with E-state index in [4.69, 9.17) is 11.6 Å². The quantitative estimate of drug-likeness (QED) is 0.251. The van der Waals surface area contributed by atoms with Crippen LogP contribution in [0.25, 0.3) is 21.3 Å². The molecule has 36 heavy (non-hydrogen) atoms.